The molecule has 0 heterocycles. The van der Waals surface area contributed by atoms with Gasteiger partial charge in [-0.2, -0.15) is 0 Å². The van der Waals surface area contributed by atoms with Gasteiger partial charge in [0.05, 0.1) is 0 Å². The molecule has 16 heavy (non-hydrogen) atoms. The lowest BCUT2D eigenvalue weighted by Crippen LogP contribution is -1.84. The highest BCUT2D eigenvalue weighted by atomic mass is 35.5. The molecule has 0 aromatic heterocycles. The van der Waals surface area contributed by atoms with Crippen LogP contribution < -0.4 is 4.74 Å². The number of hydrogen-bond donors (Lipinski definition) is 2. The van der Waals surface area contributed by atoms with Crippen molar-refractivity contribution in [2.45, 2.75) is 0 Å². The van der Waals surface area contributed by atoms with Crippen molar-refractivity contribution < 1.29 is 14.9 Å². The Morgan fingerprint density at radius 3 is 2.50 bits per heavy atom. The minimum Gasteiger partial charge on any atom is -0.508 e. The van der Waals surface area contributed by atoms with E-state index < -0.39 is 0 Å². The molecule has 0 fully saturated rings. The Kier molecular flexibility index (Phi) is 2.88. The summed E-state index contributed by atoms with van der Waals surface area (Å²) in [6, 6.07) is 10.9. The van der Waals surface area contributed by atoms with Crippen molar-refractivity contribution in [1.29, 1.82) is 0 Å². The Hall–Kier alpha value is -1.87. The highest BCUT2D eigenvalue weighted by Gasteiger charge is 2.04. The molecule has 0 aliphatic rings. The molecule has 3 nitrogen and oxygen atoms in total. The van der Waals surface area contributed by atoms with Gasteiger partial charge in [-0.1, -0.05) is 17.7 Å². The summed E-state index contributed by atoms with van der Waals surface area (Å²) in [4.78, 5) is 0. The molecule has 0 amide bonds. The van der Waals surface area contributed by atoms with Crippen molar-refractivity contribution in [3.63, 3.8) is 0 Å². The molecule has 0 saturated carbocycles. The SMILES string of the molecule is Oc1ccc(Oc2cccc(Cl)c2)c(O)c1. The summed E-state index contributed by atoms with van der Waals surface area (Å²) in [5.41, 5.74) is 0. The van der Waals surface area contributed by atoms with Crippen molar-refractivity contribution in [2.24, 2.45) is 0 Å². The predicted molar refractivity (Wildman–Crippen MR) is 61.3 cm³/mol. The second kappa shape index (κ2) is 4.33. The monoisotopic (exact) mass is 236 g/mol. The summed E-state index contributed by atoms with van der Waals surface area (Å²) in [6.45, 7) is 0. The van der Waals surface area contributed by atoms with E-state index in [1.807, 2.05) is 0 Å². The van der Waals surface area contributed by atoms with Gasteiger partial charge in [0.2, 0.25) is 0 Å². The van der Waals surface area contributed by atoms with Crippen LogP contribution in [0, 0.1) is 0 Å². The van der Waals surface area contributed by atoms with Gasteiger partial charge in [-0.25, -0.2) is 0 Å². The van der Waals surface area contributed by atoms with Crippen molar-refractivity contribution in [3.8, 4) is 23.0 Å². The number of hydrogen-bond acceptors (Lipinski definition) is 3. The van der Waals surface area contributed by atoms with Crippen LogP contribution in [0.25, 0.3) is 0 Å². The van der Waals surface area contributed by atoms with E-state index in [4.69, 9.17) is 21.4 Å². The molecule has 4 heteroatoms. The van der Waals surface area contributed by atoms with Gasteiger partial charge in [-0.15, -0.1) is 0 Å². The van der Waals surface area contributed by atoms with Crippen LogP contribution in [0.15, 0.2) is 42.5 Å². The second-order valence-electron chi connectivity index (χ2n) is 3.21. The van der Waals surface area contributed by atoms with Gasteiger partial charge in [-0.3, -0.25) is 0 Å². The van der Waals surface area contributed by atoms with Gasteiger partial charge in [0.25, 0.3) is 0 Å². The molecule has 0 aliphatic carbocycles. The normalized spacial score (nSPS) is 10.1. The molecule has 0 spiro atoms. The maximum atomic E-state index is 9.50. The molecule has 0 aliphatic heterocycles. The van der Waals surface area contributed by atoms with E-state index in [1.54, 1.807) is 24.3 Å². The van der Waals surface area contributed by atoms with E-state index in [0.29, 0.717) is 10.8 Å². The zero-order chi connectivity index (χ0) is 11.5. The molecule has 82 valence electrons. The van der Waals surface area contributed by atoms with Crippen LogP contribution in [0.5, 0.6) is 23.0 Å². The summed E-state index contributed by atoms with van der Waals surface area (Å²) in [7, 11) is 0. The first-order valence-electron chi connectivity index (χ1n) is 4.60. The average Bonchev–Trinajstić information content (AvgIpc) is 2.22. The third kappa shape index (κ3) is 2.38. The van der Waals surface area contributed by atoms with Crippen molar-refractivity contribution in [1.82, 2.24) is 0 Å². The summed E-state index contributed by atoms with van der Waals surface area (Å²) in [5, 5.41) is 19.2. The summed E-state index contributed by atoms with van der Waals surface area (Å²) in [5.74, 6) is 0.643. The Morgan fingerprint density at radius 1 is 1.00 bits per heavy atom. The first-order chi connectivity index (χ1) is 7.65. The maximum absolute atomic E-state index is 9.50. The fourth-order valence-corrected chi connectivity index (χ4v) is 1.43. The Labute approximate surface area is 97.5 Å². The van der Waals surface area contributed by atoms with Crippen LogP contribution >= 0.6 is 11.6 Å². The molecule has 0 saturated heterocycles. The van der Waals surface area contributed by atoms with Crippen LogP contribution in [0.3, 0.4) is 0 Å². The molecule has 0 radical (unpaired) electrons. The Morgan fingerprint density at radius 2 is 1.81 bits per heavy atom. The largest absolute Gasteiger partial charge is 0.508 e. The molecule has 2 aromatic rings. The van der Waals surface area contributed by atoms with Crippen LogP contribution in [-0.4, -0.2) is 10.2 Å². The molecule has 2 rings (SSSR count). The summed E-state index contributed by atoms with van der Waals surface area (Å²) >= 11 is 5.79. The maximum Gasteiger partial charge on any atom is 0.169 e. The zero-order valence-electron chi connectivity index (χ0n) is 8.22. The standard InChI is InChI=1S/C12H9ClO3/c13-8-2-1-3-10(6-8)16-12-5-4-9(14)7-11(12)15/h1-7,14-15H. The van der Waals surface area contributed by atoms with Gasteiger partial charge in [0.1, 0.15) is 11.5 Å². The van der Waals surface area contributed by atoms with E-state index in [0.717, 1.165) is 0 Å². The van der Waals surface area contributed by atoms with Crippen molar-refractivity contribution in [3.05, 3.63) is 47.5 Å². The van der Waals surface area contributed by atoms with Crippen LogP contribution in [0.2, 0.25) is 5.02 Å². The number of phenols is 2. The highest BCUT2D eigenvalue weighted by Crippen LogP contribution is 2.33. The van der Waals surface area contributed by atoms with Crippen molar-refractivity contribution in [2.75, 3.05) is 0 Å². The quantitative estimate of drug-likeness (QED) is 0.839. The first-order valence-corrected chi connectivity index (χ1v) is 4.98. The summed E-state index contributed by atoms with van der Waals surface area (Å²) in [6.07, 6.45) is 0. The minimum atomic E-state index is -0.125. The van der Waals surface area contributed by atoms with Crippen LogP contribution in [0.4, 0.5) is 0 Å². The molecular weight excluding hydrogens is 228 g/mol. The number of phenolic OH excluding ortho intramolecular Hbond substituents is 2. The average molecular weight is 237 g/mol. The summed E-state index contributed by atoms with van der Waals surface area (Å²) < 4.78 is 5.40. The molecule has 2 aromatic carbocycles. The molecule has 0 atom stereocenters. The topological polar surface area (TPSA) is 49.7 Å². The third-order valence-corrected chi connectivity index (χ3v) is 2.20. The van der Waals surface area contributed by atoms with Gasteiger partial charge in [0.15, 0.2) is 11.5 Å². The van der Waals surface area contributed by atoms with E-state index in [1.165, 1.54) is 18.2 Å². The Bertz CT molecular complexity index is 511. The van der Waals surface area contributed by atoms with E-state index in [2.05, 4.69) is 0 Å². The molecule has 0 unspecified atom stereocenters. The van der Waals surface area contributed by atoms with E-state index >= 15 is 0 Å². The fourth-order valence-electron chi connectivity index (χ4n) is 1.25. The molecule has 2 N–H and O–H groups in total. The van der Waals surface area contributed by atoms with Crippen LogP contribution in [-0.2, 0) is 0 Å². The Balaban J connectivity index is 2.27. The lowest BCUT2D eigenvalue weighted by atomic mass is 10.3. The fraction of sp³-hybridized carbons (Fsp3) is 0. The number of aromatic hydroxyl groups is 2. The lowest BCUT2D eigenvalue weighted by molar-refractivity contribution is 0.403. The van der Waals surface area contributed by atoms with Crippen molar-refractivity contribution >= 4 is 11.6 Å². The smallest absolute Gasteiger partial charge is 0.169 e. The second-order valence-corrected chi connectivity index (χ2v) is 3.65. The highest BCUT2D eigenvalue weighted by molar-refractivity contribution is 6.30. The van der Waals surface area contributed by atoms with E-state index in [9.17, 15) is 5.11 Å². The minimum absolute atomic E-state index is 0.0176. The predicted octanol–water partition coefficient (Wildman–Crippen LogP) is 3.54. The third-order valence-electron chi connectivity index (χ3n) is 1.97. The first kappa shape index (κ1) is 10.6. The lowest BCUT2D eigenvalue weighted by Gasteiger charge is -2.07. The van der Waals surface area contributed by atoms with Gasteiger partial charge >= 0.3 is 0 Å². The molecule has 0 bridgehead atoms. The number of ether oxygens (including phenoxy) is 1. The van der Waals surface area contributed by atoms with Crippen LogP contribution in [0.1, 0.15) is 0 Å². The number of halogens is 1. The number of benzene rings is 2. The molecular formula is C12H9ClO3. The van der Waals surface area contributed by atoms with Gasteiger partial charge < -0.3 is 14.9 Å². The zero-order valence-corrected chi connectivity index (χ0v) is 8.98. The van der Waals surface area contributed by atoms with E-state index in [-0.39, 0.29) is 17.2 Å². The van der Waals surface area contributed by atoms with Gasteiger partial charge in [-0.05, 0) is 30.3 Å². The van der Waals surface area contributed by atoms with Gasteiger partial charge in [0, 0.05) is 11.1 Å². The number of rotatable bonds is 2.